The molecule has 0 heterocycles. The third-order valence-corrected chi connectivity index (χ3v) is 5.10. The second-order valence-electron chi connectivity index (χ2n) is 5.69. The van der Waals surface area contributed by atoms with Gasteiger partial charge in [-0.15, -0.1) is 0 Å². The molecule has 3 rings (SSSR count). The molecule has 0 aromatic heterocycles. The van der Waals surface area contributed by atoms with Gasteiger partial charge >= 0.3 is 0 Å². The lowest BCUT2D eigenvalue weighted by molar-refractivity contribution is -0.124. The van der Waals surface area contributed by atoms with E-state index in [1.165, 1.54) is 0 Å². The zero-order valence-corrected chi connectivity index (χ0v) is 14.2. The predicted molar refractivity (Wildman–Crippen MR) is 93.6 cm³/mol. The summed E-state index contributed by atoms with van der Waals surface area (Å²) in [6.07, 6.45) is 2.56. The van der Waals surface area contributed by atoms with Gasteiger partial charge in [-0.1, -0.05) is 53.9 Å². The van der Waals surface area contributed by atoms with E-state index in [2.05, 4.69) is 5.32 Å². The number of nitrogens with one attached hydrogen (secondary N) is 1. The lowest BCUT2D eigenvalue weighted by atomic mass is 9.63. The molecule has 2 aromatic carbocycles. The Morgan fingerprint density at radius 1 is 1.09 bits per heavy atom. The average molecular weight is 350 g/mol. The normalized spacial score (nSPS) is 15.6. The van der Waals surface area contributed by atoms with Gasteiger partial charge in [-0.05, 0) is 31.0 Å². The Balaban J connectivity index is 1.96. The van der Waals surface area contributed by atoms with E-state index in [9.17, 15) is 4.79 Å². The monoisotopic (exact) mass is 349 g/mol. The quantitative estimate of drug-likeness (QED) is 0.837. The Labute approximate surface area is 145 Å². The van der Waals surface area contributed by atoms with Crippen molar-refractivity contribution in [2.45, 2.75) is 24.7 Å². The lowest BCUT2D eigenvalue weighted by Gasteiger charge is -2.41. The highest BCUT2D eigenvalue weighted by Gasteiger charge is 2.47. The third kappa shape index (κ3) is 2.79. The fourth-order valence-electron chi connectivity index (χ4n) is 3.04. The van der Waals surface area contributed by atoms with Crippen molar-refractivity contribution in [3.05, 3.63) is 58.1 Å². The van der Waals surface area contributed by atoms with Crippen LogP contribution in [0, 0.1) is 0 Å². The second-order valence-corrected chi connectivity index (χ2v) is 6.50. The first-order chi connectivity index (χ1) is 11.1. The number of ether oxygens (including phenoxy) is 1. The van der Waals surface area contributed by atoms with Crippen LogP contribution >= 0.6 is 23.2 Å². The van der Waals surface area contributed by atoms with Crippen LogP contribution in [0.1, 0.15) is 24.8 Å². The summed E-state index contributed by atoms with van der Waals surface area (Å²) in [6.45, 7) is 0. The largest absolute Gasteiger partial charge is 0.496 e. The number of rotatable bonds is 4. The van der Waals surface area contributed by atoms with Gasteiger partial charge in [-0.2, -0.15) is 0 Å². The number of hydrogen-bond acceptors (Lipinski definition) is 2. The van der Waals surface area contributed by atoms with Crippen molar-refractivity contribution >= 4 is 34.8 Å². The van der Waals surface area contributed by atoms with Gasteiger partial charge in [-0.25, -0.2) is 0 Å². The number of methoxy groups -OCH3 is 1. The molecule has 1 aliphatic rings. The lowest BCUT2D eigenvalue weighted by Crippen LogP contribution is -2.46. The number of anilines is 1. The van der Waals surface area contributed by atoms with E-state index in [-0.39, 0.29) is 5.91 Å². The third-order valence-electron chi connectivity index (χ3n) is 4.47. The maximum atomic E-state index is 13.0. The number of halogens is 2. The van der Waals surface area contributed by atoms with E-state index in [1.54, 1.807) is 25.3 Å². The molecule has 0 radical (unpaired) electrons. The number of hydrogen-bond donors (Lipinski definition) is 1. The summed E-state index contributed by atoms with van der Waals surface area (Å²) in [5.74, 6) is 0.635. The predicted octanol–water partition coefficient (Wildman–Crippen LogP) is 5.06. The van der Waals surface area contributed by atoms with Crippen LogP contribution in [-0.2, 0) is 10.2 Å². The number of carbonyl (C=O) groups is 1. The molecule has 1 saturated carbocycles. The smallest absolute Gasteiger partial charge is 0.235 e. The Morgan fingerprint density at radius 2 is 1.74 bits per heavy atom. The van der Waals surface area contributed by atoms with Gasteiger partial charge in [-0.3, -0.25) is 4.79 Å². The number of carbonyl (C=O) groups excluding carboxylic acids is 1. The summed E-state index contributed by atoms with van der Waals surface area (Å²) < 4.78 is 5.44. The maximum Gasteiger partial charge on any atom is 0.235 e. The van der Waals surface area contributed by atoms with Crippen LogP contribution in [0.25, 0.3) is 0 Å². The van der Waals surface area contributed by atoms with Gasteiger partial charge in [0.2, 0.25) is 5.91 Å². The van der Waals surface area contributed by atoms with Crippen LogP contribution in [0.5, 0.6) is 5.75 Å². The highest BCUT2D eigenvalue weighted by atomic mass is 35.5. The zero-order valence-electron chi connectivity index (χ0n) is 12.7. The topological polar surface area (TPSA) is 38.3 Å². The Morgan fingerprint density at radius 3 is 2.30 bits per heavy atom. The van der Waals surface area contributed by atoms with Crippen molar-refractivity contribution in [1.29, 1.82) is 0 Å². The van der Waals surface area contributed by atoms with Crippen LogP contribution in [0.3, 0.4) is 0 Å². The molecule has 5 heteroatoms. The fourth-order valence-corrected chi connectivity index (χ4v) is 3.53. The maximum absolute atomic E-state index is 13.0. The second kappa shape index (κ2) is 6.42. The van der Waals surface area contributed by atoms with Crippen molar-refractivity contribution in [2.24, 2.45) is 0 Å². The molecule has 1 N–H and O–H groups in total. The van der Waals surface area contributed by atoms with Gasteiger partial charge < -0.3 is 10.1 Å². The highest BCUT2D eigenvalue weighted by Crippen LogP contribution is 2.48. The minimum Gasteiger partial charge on any atom is -0.496 e. The van der Waals surface area contributed by atoms with Crippen LogP contribution in [0.15, 0.2) is 42.5 Å². The van der Waals surface area contributed by atoms with Gasteiger partial charge in [0, 0.05) is 5.56 Å². The number of amides is 1. The molecule has 0 bridgehead atoms. The standard InChI is InChI=1S/C18H17Cl2NO2/c1-23-15-9-3-2-6-12(15)18(10-5-11-18)17(22)21-16-13(19)7-4-8-14(16)20/h2-4,6-9H,5,10-11H2,1H3,(H,21,22). The summed E-state index contributed by atoms with van der Waals surface area (Å²) in [7, 11) is 1.62. The van der Waals surface area contributed by atoms with Gasteiger partial charge in [0.05, 0.1) is 28.3 Å². The van der Waals surface area contributed by atoms with E-state index in [4.69, 9.17) is 27.9 Å². The minimum atomic E-state index is -0.588. The molecular formula is C18H17Cl2NO2. The van der Waals surface area contributed by atoms with E-state index in [0.29, 0.717) is 15.7 Å². The minimum absolute atomic E-state index is 0.0942. The van der Waals surface area contributed by atoms with E-state index in [0.717, 1.165) is 30.6 Å². The van der Waals surface area contributed by atoms with Gasteiger partial charge in [0.25, 0.3) is 0 Å². The molecule has 0 aliphatic heterocycles. The Bertz CT molecular complexity index is 721. The van der Waals surface area contributed by atoms with Crippen molar-refractivity contribution in [3.8, 4) is 5.75 Å². The van der Waals surface area contributed by atoms with Crippen molar-refractivity contribution in [1.82, 2.24) is 0 Å². The number of benzene rings is 2. The summed E-state index contributed by atoms with van der Waals surface area (Å²) in [5, 5.41) is 3.77. The van der Waals surface area contributed by atoms with Gasteiger partial charge in [0.1, 0.15) is 5.75 Å². The zero-order chi connectivity index (χ0) is 16.4. The molecule has 2 aromatic rings. The first-order valence-electron chi connectivity index (χ1n) is 7.47. The molecule has 0 saturated heterocycles. The van der Waals surface area contributed by atoms with Crippen LogP contribution in [0.4, 0.5) is 5.69 Å². The van der Waals surface area contributed by atoms with Crippen LogP contribution in [-0.4, -0.2) is 13.0 Å². The highest BCUT2D eigenvalue weighted by molar-refractivity contribution is 6.39. The summed E-state index contributed by atoms with van der Waals surface area (Å²) in [6, 6.07) is 12.8. The summed E-state index contributed by atoms with van der Waals surface area (Å²) >= 11 is 12.3. The van der Waals surface area contributed by atoms with Crippen LogP contribution < -0.4 is 10.1 Å². The molecule has 1 fully saturated rings. The first-order valence-corrected chi connectivity index (χ1v) is 8.23. The van der Waals surface area contributed by atoms with E-state index >= 15 is 0 Å². The summed E-state index contributed by atoms with van der Waals surface area (Å²) in [5.41, 5.74) is 0.784. The SMILES string of the molecule is COc1ccccc1C1(C(=O)Nc2c(Cl)cccc2Cl)CCC1. The molecule has 23 heavy (non-hydrogen) atoms. The molecule has 0 atom stereocenters. The first kappa shape index (κ1) is 16.2. The van der Waals surface area contributed by atoms with Crippen LogP contribution in [0.2, 0.25) is 10.0 Å². The fraction of sp³-hybridized carbons (Fsp3) is 0.278. The molecule has 0 spiro atoms. The Hall–Kier alpha value is -1.71. The molecule has 1 amide bonds. The van der Waals surface area contributed by atoms with E-state index in [1.807, 2.05) is 24.3 Å². The molecular weight excluding hydrogens is 333 g/mol. The molecule has 120 valence electrons. The van der Waals surface area contributed by atoms with Crippen molar-refractivity contribution in [2.75, 3.05) is 12.4 Å². The van der Waals surface area contributed by atoms with Crippen molar-refractivity contribution < 1.29 is 9.53 Å². The summed E-state index contributed by atoms with van der Waals surface area (Å²) in [4.78, 5) is 13.0. The molecule has 0 unspecified atom stereocenters. The van der Waals surface area contributed by atoms with Crippen molar-refractivity contribution in [3.63, 3.8) is 0 Å². The molecule has 1 aliphatic carbocycles. The average Bonchev–Trinajstić information content (AvgIpc) is 2.50. The number of para-hydroxylation sites is 2. The van der Waals surface area contributed by atoms with E-state index < -0.39 is 5.41 Å². The molecule has 3 nitrogen and oxygen atoms in total. The Kier molecular flexibility index (Phi) is 4.51. The van der Waals surface area contributed by atoms with Gasteiger partial charge in [0.15, 0.2) is 0 Å².